The van der Waals surface area contributed by atoms with Crippen LogP contribution in [-0.4, -0.2) is 62.6 Å². The first kappa shape index (κ1) is 20.1. The lowest BCUT2D eigenvalue weighted by atomic mass is 10.1. The molecule has 1 fully saturated rings. The molecular weight excluding hydrogens is 360 g/mol. The van der Waals surface area contributed by atoms with Crippen molar-refractivity contribution in [3.8, 4) is 0 Å². The maximum absolute atomic E-state index is 12.8. The van der Waals surface area contributed by atoms with Crippen molar-refractivity contribution in [3.05, 3.63) is 53.9 Å². The molecular formula is C20H30N4O2S. The zero-order valence-corrected chi connectivity index (χ0v) is 17.2. The van der Waals surface area contributed by atoms with Gasteiger partial charge in [-0.05, 0) is 43.3 Å². The SMILES string of the molecule is CCc1ccc(S(=O)(=O)NCC(c2cccn2C)N2CCN(C)CC2)cc1. The van der Waals surface area contributed by atoms with E-state index in [1.807, 2.05) is 31.4 Å². The van der Waals surface area contributed by atoms with Gasteiger partial charge in [-0.2, -0.15) is 0 Å². The van der Waals surface area contributed by atoms with Gasteiger partial charge in [0.25, 0.3) is 0 Å². The molecule has 0 radical (unpaired) electrons. The summed E-state index contributed by atoms with van der Waals surface area (Å²) in [6.07, 6.45) is 2.91. The second-order valence-electron chi connectivity index (χ2n) is 7.25. The summed E-state index contributed by atoms with van der Waals surface area (Å²) in [6, 6.07) is 11.2. The summed E-state index contributed by atoms with van der Waals surface area (Å²) in [7, 11) is 0.603. The molecule has 27 heavy (non-hydrogen) atoms. The molecule has 6 nitrogen and oxygen atoms in total. The lowest BCUT2D eigenvalue weighted by molar-refractivity contribution is 0.109. The van der Waals surface area contributed by atoms with E-state index in [9.17, 15) is 8.42 Å². The third-order valence-corrected chi connectivity index (χ3v) is 6.85. The lowest BCUT2D eigenvalue weighted by Gasteiger charge is -2.38. The Morgan fingerprint density at radius 3 is 2.26 bits per heavy atom. The van der Waals surface area contributed by atoms with Crippen molar-refractivity contribution in [2.75, 3.05) is 39.8 Å². The van der Waals surface area contributed by atoms with Crippen LogP contribution in [0, 0.1) is 0 Å². The van der Waals surface area contributed by atoms with E-state index in [0.29, 0.717) is 11.4 Å². The summed E-state index contributed by atoms with van der Waals surface area (Å²) in [6.45, 7) is 6.26. The van der Waals surface area contributed by atoms with Gasteiger partial charge >= 0.3 is 0 Å². The Bertz CT molecular complexity index is 837. The molecule has 1 aliphatic rings. The molecule has 1 atom stereocenters. The summed E-state index contributed by atoms with van der Waals surface area (Å²) in [5, 5.41) is 0. The van der Waals surface area contributed by atoms with Crippen LogP contribution in [0.2, 0.25) is 0 Å². The second-order valence-corrected chi connectivity index (χ2v) is 9.02. The van der Waals surface area contributed by atoms with E-state index in [-0.39, 0.29) is 6.04 Å². The minimum Gasteiger partial charge on any atom is -0.353 e. The predicted molar refractivity (Wildman–Crippen MR) is 108 cm³/mol. The van der Waals surface area contributed by atoms with Crippen LogP contribution >= 0.6 is 0 Å². The largest absolute Gasteiger partial charge is 0.353 e. The first-order valence-corrected chi connectivity index (χ1v) is 11.0. The third kappa shape index (κ3) is 4.79. The number of aryl methyl sites for hydroxylation is 2. The molecule has 1 saturated heterocycles. The summed E-state index contributed by atoms with van der Waals surface area (Å²) in [5.74, 6) is 0. The quantitative estimate of drug-likeness (QED) is 0.784. The minimum atomic E-state index is -3.53. The normalized spacial score (nSPS) is 17.9. The number of benzene rings is 1. The van der Waals surface area contributed by atoms with E-state index >= 15 is 0 Å². The molecule has 0 amide bonds. The van der Waals surface area contributed by atoms with Crippen molar-refractivity contribution in [3.63, 3.8) is 0 Å². The van der Waals surface area contributed by atoms with E-state index in [1.54, 1.807) is 12.1 Å². The number of hydrogen-bond donors (Lipinski definition) is 1. The number of nitrogens with one attached hydrogen (secondary N) is 1. The van der Waals surface area contributed by atoms with Crippen molar-refractivity contribution in [2.24, 2.45) is 7.05 Å². The number of nitrogens with zero attached hydrogens (tertiary/aromatic N) is 3. The molecule has 0 spiro atoms. The number of sulfonamides is 1. The molecule has 1 unspecified atom stereocenters. The molecule has 1 aliphatic heterocycles. The number of likely N-dealkylation sites (N-methyl/N-ethyl adjacent to an activating group) is 1. The Morgan fingerprint density at radius 1 is 1.04 bits per heavy atom. The highest BCUT2D eigenvalue weighted by atomic mass is 32.2. The van der Waals surface area contributed by atoms with Gasteiger partial charge in [0.15, 0.2) is 0 Å². The van der Waals surface area contributed by atoms with Crippen molar-refractivity contribution in [1.82, 2.24) is 19.1 Å². The van der Waals surface area contributed by atoms with E-state index in [2.05, 4.69) is 39.1 Å². The fraction of sp³-hybridized carbons (Fsp3) is 0.500. The fourth-order valence-electron chi connectivity index (χ4n) is 3.55. The Morgan fingerprint density at radius 2 is 1.70 bits per heavy atom. The van der Waals surface area contributed by atoms with Gasteiger partial charge in [-0.3, -0.25) is 4.90 Å². The monoisotopic (exact) mass is 390 g/mol. The van der Waals surface area contributed by atoms with Crippen LogP contribution in [0.25, 0.3) is 0 Å². The van der Waals surface area contributed by atoms with Crippen LogP contribution in [0.4, 0.5) is 0 Å². The molecule has 7 heteroatoms. The first-order chi connectivity index (χ1) is 12.9. The van der Waals surface area contributed by atoms with E-state index in [1.165, 1.54) is 0 Å². The topological polar surface area (TPSA) is 57.6 Å². The summed E-state index contributed by atoms with van der Waals surface area (Å²) >= 11 is 0. The maximum atomic E-state index is 12.8. The van der Waals surface area contributed by atoms with Gasteiger partial charge in [-0.1, -0.05) is 19.1 Å². The van der Waals surface area contributed by atoms with Crippen LogP contribution in [0.3, 0.4) is 0 Å². The number of rotatable bonds is 7. The van der Waals surface area contributed by atoms with Gasteiger partial charge < -0.3 is 9.47 Å². The summed E-state index contributed by atoms with van der Waals surface area (Å²) in [4.78, 5) is 5.00. The van der Waals surface area contributed by atoms with Crippen molar-refractivity contribution in [2.45, 2.75) is 24.3 Å². The van der Waals surface area contributed by atoms with Crippen molar-refractivity contribution >= 4 is 10.0 Å². The van der Waals surface area contributed by atoms with Crippen LogP contribution in [0.15, 0.2) is 47.5 Å². The van der Waals surface area contributed by atoms with Crippen molar-refractivity contribution in [1.29, 1.82) is 0 Å². The highest BCUT2D eigenvalue weighted by molar-refractivity contribution is 7.89. The molecule has 1 aromatic heterocycles. The lowest BCUT2D eigenvalue weighted by Crippen LogP contribution is -2.48. The van der Waals surface area contributed by atoms with Gasteiger partial charge in [0.2, 0.25) is 10.0 Å². The second kappa shape index (κ2) is 8.56. The van der Waals surface area contributed by atoms with E-state index < -0.39 is 10.0 Å². The molecule has 2 heterocycles. The van der Waals surface area contributed by atoms with Gasteiger partial charge in [0.1, 0.15) is 0 Å². The first-order valence-electron chi connectivity index (χ1n) is 9.53. The van der Waals surface area contributed by atoms with Crippen LogP contribution in [0.5, 0.6) is 0 Å². The standard InChI is InChI=1S/C20H30N4O2S/c1-4-17-7-9-18(10-8-17)27(25,26)21-16-20(19-6-5-11-23(19)3)24-14-12-22(2)13-15-24/h5-11,20-21H,4,12-16H2,1-3H3. The Labute approximate surface area is 162 Å². The Hall–Kier alpha value is -1.67. The third-order valence-electron chi connectivity index (χ3n) is 5.41. The van der Waals surface area contributed by atoms with Crippen LogP contribution < -0.4 is 4.72 Å². The minimum absolute atomic E-state index is 0.0170. The molecule has 0 saturated carbocycles. The summed E-state index contributed by atoms with van der Waals surface area (Å²) in [5.41, 5.74) is 2.26. The molecule has 3 rings (SSSR count). The predicted octanol–water partition coefficient (Wildman–Crippen LogP) is 1.85. The maximum Gasteiger partial charge on any atom is 0.240 e. The molecule has 1 N–H and O–H groups in total. The zero-order valence-electron chi connectivity index (χ0n) is 16.4. The van der Waals surface area contributed by atoms with Crippen LogP contribution in [-0.2, 0) is 23.5 Å². The van der Waals surface area contributed by atoms with Gasteiger partial charge in [-0.25, -0.2) is 13.1 Å². The highest BCUT2D eigenvalue weighted by Gasteiger charge is 2.27. The van der Waals surface area contributed by atoms with E-state index in [0.717, 1.165) is 43.9 Å². The molecule has 148 valence electrons. The molecule has 1 aromatic carbocycles. The number of aromatic nitrogens is 1. The van der Waals surface area contributed by atoms with Gasteiger partial charge in [0, 0.05) is 51.7 Å². The average molecular weight is 391 g/mol. The number of hydrogen-bond acceptors (Lipinski definition) is 4. The average Bonchev–Trinajstić information content (AvgIpc) is 3.09. The van der Waals surface area contributed by atoms with Gasteiger partial charge in [0.05, 0.1) is 10.9 Å². The Kier molecular flexibility index (Phi) is 6.37. The highest BCUT2D eigenvalue weighted by Crippen LogP contribution is 2.22. The molecule has 0 aliphatic carbocycles. The zero-order chi connectivity index (χ0) is 19.4. The smallest absolute Gasteiger partial charge is 0.240 e. The summed E-state index contributed by atoms with van der Waals surface area (Å²) < 4.78 is 30.5. The van der Waals surface area contributed by atoms with Crippen molar-refractivity contribution < 1.29 is 8.42 Å². The Balaban J connectivity index is 1.76. The van der Waals surface area contributed by atoms with Crippen LogP contribution in [0.1, 0.15) is 24.2 Å². The fourth-order valence-corrected chi connectivity index (χ4v) is 4.59. The number of piperazine rings is 1. The molecule has 0 bridgehead atoms. The molecule has 2 aromatic rings. The van der Waals surface area contributed by atoms with E-state index in [4.69, 9.17) is 0 Å². The van der Waals surface area contributed by atoms with Gasteiger partial charge in [-0.15, -0.1) is 0 Å².